The van der Waals surface area contributed by atoms with E-state index in [9.17, 15) is 4.79 Å². The fourth-order valence-corrected chi connectivity index (χ4v) is 2.69. The van der Waals surface area contributed by atoms with Crippen LogP contribution in [0.5, 0.6) is 0 Å². The summed E-state index contributed by atoms with van der Waals surface area (Å²) in [5.74, 6) is 0.733. The van der Waals surface area contributed by atoms with Gasteiger partial charge in [0, 0.05) is 18.7 Å². The lowest BCUT2D eigenvalue weighted by atomic mass is 10.0. The molecule has 2 rings (SSSR count). The molecule has 2 heteroatoms. The van der Waals surface area contributed by atoms with Gasteiger partial charge >= 0.3 is 0 Å². The molecule has 0 bridgehead atoms. The molecular weight excluding hydrogens is 222 g/mol. The van der Waals surface area contributed by atoms with Gasteiger partial charge in [0.05, 0.1) is 6.54 Å². The van der Waals surface area contributed by atoms with Gasteiger partial charge in [0.15, 0.2) is 5.78 Å². The van der Waals surface area contributed by atoms with Crippen LogP contribution in [-0.2, 0) is 11.2 Å². The Bertz CT molecular complexity index is 390. The van der Waals surface area contributed by atoms with Crippen LogP contribution in [0.4, 0.5) is 5.69 Å². The molecule has 1 aliphatic rings. The summed E-state index contributed by atoms with van der Waals surface area (Å²) in [6.07, 6.45) is 5.71. The summed E-state index contributed by atoms with van der Waals surface area (Å²) in [5, 5.41) is 0. The lowest BCUT2D eigenvalue weighted by Crippen LogP contribution is -2.29. The molecule has 98 valence electrons. The van der Waals surface area contributed by atoms with E-state index in [2.05, 4.69) is 36.1 Å². The van der Waals surface area contributed by atoms with E-state index in [1.165, 1.54) is 18.4 Å². The van der Waals surface area contributed by atoms with Crippen molar-refractivity contribution in [2.75, 3.05) is 18.5 Å². The molecule has 0 N–H and O–H groups in total. The number of nitrogens with zero attached hydrogens (tertiary/aromatic N) is 1. The Hall–Kier alpha value is -1.31. The van der Waals surface area contributed by atoms with E-state index in [4.69, 9.17) is 0 Å². The Morgan fingerprint density at radius 3 is 2.39 bits per heavy atom. The number of likely N-dealkylation sites (N-methyl/N-ethyl adjacent to an activating group) is 1. The van der Waals surface area contributed by atoms with E-state index < -0.39 is 0 Å². The topological polar surface area (TPSA) is 20.3 Å². The van der Waals surface area contributed by atoms with Gasteiger partial charge < -0.3 is 4.90 Å². The molecule has 0 unspecified atom stereocenters. The van der Waals surface area contributed by atoms with Crippen LogP contribution in [0.1, 0.15) is 38.2 Å². The summed E-state index contributed by atoms with van der Waals surface area (Å²) in [6, 6.07) is 8.51. The lowest BCUT2D eigenvalue weighted by Gasteiger charge is -2.20. The number of benzene rings is 1. The maximum atomic E-state index is 12.1. The molecule has 0 aromatic heterocycles. The monoisotopic (exact) mass is 245 g/mol. The Kier molecular flexibility index (Phi) is 4.40. The number of carbonyl (C=O) groups is 1. The normalized spacial score (nSPS) is 15.9. The predicted octanol–water partition coefficient (Wildman–Crippen LogP) is 3.44. The van der Waals surface area contributed by atoms with E-state index in [1.807, 2.05) is 7.05 Å². The maximum Gasteiger partial charge on any atom is 0.155 e. The van der Waals surface area contributed by atoms with Crippen molar-refractivity contribution in [1.29, 1.82) is 0 Å². The fourth-order valence-electron chi connectivity index (χ4n) is 2.69. The molecule has 0 aliphatic heterocycles. The number of hydrogen-bond donors (Lipinski definition) is 0. The third-order valence-electron chi connectivity index (χ3n) is 3.99. The average molecular weight is 245 g/mol. The minimum Gasteiger partial charge on any atom is -0.367 e. The van der Waals surface area contributed by atoms with Crippen molar-refractivity contribution in [2.24, 2.45) is 5.92 Å². The van der Waals surface area contributed by atoms with E-state index in [-0.39, 0.29) is 0 Å². The Labute approximate surface area is 110 Å². The van der Waals surface area contributed by atoms with Gasteiger partial charge in [-0.15, -0.1) is 0 Å². The summed E-state index contributed by atoms with van der Waals surface area (Å²) in [6.45, 7) is 2.71. The second kappa shape index (κ2) is 6.03. The molecule has 0 spiro atoms. The highest BCUT2D eigenvalue weighted by Gasteiger charge is 2.23. The molecule has 2 nitrogen and oxygen atoms in total. The first kappa shape index (κ1) is 13.1. The Morgan fingerprint density at radius 1 is 1.22 bits per heavy atom. The van der Waals surface area contributed by atoms with E-state index in [0.29, 0.717) is 18.2 Å². The average Bonchev–Trinajstić information content (AvgIpc) is 2.92. The smallest absolute Gasteiger partial charge is 0.155 e. The van der Waals surface area contributed by atoms with Crippen molar-refractivity contribution < 1.29 is 4.79 Å². The van der Waals surface area contributed by atoms with Crippen LogP contribution in [0.25, 0.3) is 0 Å². The van der Waals surface area contributed by atoms with Crippen LogP contribution >= 0.6 is 0 Å². The van der Waals surface area contributed by atoms with Crippen LogP contribution in [0.3, 0.4) is 0 Å². The first-order valence-corrected chi connectivity index (χ1v) is 7.03. The van der Waals surface area contributed by atoms with Crippen LogP contribution < -0.4 is 4.90 Å². The minimum absolute atomic E-state index is 0.322. The van der Waals surface area contributed by atoms with Crippen LogP contribution in [-0.4, -0.2) is 19.4 Å². The molecule has 0 saturated heterocycles. The van der Waals surface area contributed by atoms with Crippen molar-refractivity contribution >= 4 is 11.5 Å². The van der Waals surface area contributed by atoms with Gasteiger partial charge in [0.1, 0.15) is 0 Å². The van der Waals surface area contributed by atoms with Gasteiger partial charge in [0.2, 0.25) is 0 Å². The SMILES string of the molecule is CCc1ccc(N(C)CC(=O)C2CCCC2)cc1. The van der Waals surface area contributed by atoms with Crippen molar-refractivity contribution in [3.8, 4) is 0 Å². The third kappa shape index (κ3) is 3.12. The van der Waals surface area contributed by atoms with Crippen molar-refractivity contribution in [1.82, 2.24) is 0 Å². The highest BCUT2D eigenvalue weighted by atomic mass is 16.1. The number of carbonyl (C=O) groups excluding carboxylic acids is 1. The predicted molar refractivity (Wildman–Crippen MR) is 76.1 cm³/mol. The van der Waals surface area contributed by atoms with Gasteiger partial charge in [-0.05, 0) is 37.0 Å². The van der Waals surface area contributed by atoms with Crippen molar-refractivity contribution in [2.45, 2.75) is 39.0 Å². The molecule has 0 radical (unpaired) electrons. The molecule has 1 aromatic rings. The second-order valence-corrected chi connectivity index (χ2v) is 5.32. The number of hydrogen-bond acceptors (Lipinski definition) is 2. The summed E-state index contributed by atoms with van der Waals surface area (Å²) >= 11 is 0. The molecule has 1 aromatic carbocycles. The summed E-state index contributed by atoms with van der Waals surface area (Å²) in [7, 11) is 2.01. The van der Waals surface area contributed by atoms with Crippen molar-refractivity contribution in [3.05, 3.63) is 29.8 Å². The third-order valence-corrected chi connectivity index (χ3v) is 3.99. The standard InChI is InChI=1S/C16H23NO/c1-3-13-8-10-15(11-9-13)17(2)12-16(18)14-6-4-5-7-14/h8-11,14H,3-7,12H2,1-2H3. The Balaban J connectivity index is 1.93. The number of rotatable bonds is 5. The quantitative estimate of drug-likeness (QED) is 0.792. The summed E-state index contributed by atoms with van der Waals surface area (Å²) < 4.78 is 0. The molecule has 1 saturated carbocycles. The van der Waals surface area contributed by atoms with Gasteiger partial charge in [0.25, 0.3) is 0 Å². The number of aryl methyl sites for hydroxylation is 1. The minimum atomic E-state index is 0.322. The lowest BCUT2D eigenvalue weighted by molar-refractivity contribution is -0.121. The molecule has 1 aliphatic carbocycles. The zero-order chi connectivity index (χ0) is 13.0. The Morgan fingerprint density at radius 2 is 1.83 bits per heavy atom. The molecule has 0 atom stereocenters. The molecular formula is C16H23NO. The first-order chi connectivity index (χ1) is 8.70. The van der Waals surface area contributed by atoms with Crippen LogP contribution in [0.15, 0.2) is 24.3 Å². The van der Waals surface area contributed by atoms with Crippen molar-refractivity contribution in [3.63, 3.8) is 0 Å². The van der Waals surface area contributed by atoms with Gasteiger partial charge in [-0.2, -0.15) is 0 Å². The summed E-state index contributed by atoms with van der Waals surface area (Å²) in [4.78, 5) is 14.2. The van der Waals surface area contributed by atoms with E-state index in [0.717, 1.165) is 24.9 Å². The highest BCUT2D eigenvalue weighted by Crippen LogP contribution is 2.26. The maximum absolute atomic E-state index is 12.1. The van der Waals surface area contributed by atoms with E-state index in [1.54, 1.807) is 0 Å². The largest absolute Gasteiger partial charge is 0.367 e. The summed E-state index contributed by atoms with van der Waals surface area (Å²) in [5.41, 5.74) is 2.48. The van der Waals surface area contributed by atoms with Gasteiger partial charge in [-0.25, -0.2) is 0 Å². The molecule has 0 amide bonds. The number of anilines is 1. The molecule has 0 heterocycles. The highest BCUT2D eigenvalue weighted by molar-refractivity contribution is 5.85. The van der Waals surface area contributed by atoms with Crippen LogP contribution in [0.2, 0.25) is 0 Å². The first-order valence-electron chi connectivity index (χ1n) is 7.03. The fraction of sp³-hybridized carbons (Fsp3) is 0.562. The van der Waals surface area contributed by atoms with E-state index >= 15 is 0 Å². The zero-order valence-electron chi connectivity index (χ0n) is 11.5. The molecule has 1 fully saturated rings. The van der Waals surface area contributed by atoms with Gasteiger partial charge in [-0.3, -0.25) is 4.79 Å². The van der Waals surface area contributed by atoms with Crippen LogP contribution in [0, 0.1) is 5.92 Å². The van der Waals surface area contributed by atoms with Gasteiger partial charge in [-0.1, -0.05) is 31.9 Å². The number of Topliss-reactive ketones (excluding diaryl/α,β-unsaturated/α-hetero) is 1. The zero-order valence-corrected chi connectivity index (χ0v) is 11.5. The number of ketones is 1. The molecule has 18 heavy (non-hydrogen) atoms. The second-order valence-electron chi connectivity index (χ2n) is 5.32.